The zero-order chi connectivity index (χ0) is 12.5. The Morgan fingerprint density at radius 2 is 2.17 bits per heavy atom. The van der Waals surface area contributed by atoms with Gasteiger partial charge >= 0.3 is 0 Å². The third-order valence-corrected chi connectivity index (χ3v) is 3.63. The van der Waals surface area contributed by atoms with Gasteiger partial charge in [0.15, 0.2) is 5.82 Å². The van der Waals surface area contributed by atoms with E-state index in [1.807, 2.05) is 18.2 Å². The first-order valence-electron chi connectivity index (χ1n) is 5.44. The van der Waals surface area contributed by atoms with E-state index in [1.54, 1.807) is 24.2 Å². The normalized spacial score (nSPS) is 12.2. The SMILES string of the molecule is N=C(N)Cc1ccc2c(c1)Nc1nccnc1S2. The minimum Gasteiger partial charge on any atom is -0.387 e. The molecule has 1 aromatic heterocycles. The van der Waals surface area contributed by atoms with Gasteiger partial charge in [-0.2, -0.15) is 0 Å². The number of aromatic nitrogens is 2. The van der Waals surface area contributed by atoms with E-state index in [0.29, 0.717) is 6.42 Å². The highest BCUT2D eigenvalue weighted by Gasteiger charge is 2.17. The molecule has 0 aliphatic carbocycles. The lowest BCUT2D eigenvalue weighted by molar-refractivity contribution is 1.04. The molecule has 0 unspecified atom stereocenters. The van der Waals surface area contributed by atoms with Gasteiger partial charge in [0.2, 0.25) is 0 Å². The smallest absolute Gasteiger partial charge is 0.163 e. The second-order valence-electron chi connectivity index (χ2n) is 3.97. The van der Waals surface area contributed by atoms with E-state index < -0.39 is 0 Å². The summed E-state index contributed by atoms with van der Waals surface area (Å²) in [5.74, 6) is 0.938. The summed E-state index contributed by atoms with van der Waals surface area (Å²) in [6, 6.07) is 6.00. The number of fused-ring (bicyclic) bond motifs is 2. The molecule has 2 aromatic rings. The number of rotatable bonds is 2. The van der Waals surface area contributed by atoms with Crippen LogP contribution in [0, 0.1) is 5.41 Å². The quantitative estimate of drug-likeness (QED) is 0.483. The molecular formula is C12H11N5S. The Kier molecular flexibility index (Phi) is 2.64. The van der Waals surface area contributed by atoms with Crippen LogP contribution in [0.1, 0.15) is 5.56 Å². The predicted molar refractivity (Wildman–Crippen MR) is 71.5 cm³/mol. The van der Waals surface area contributed by atoms with Crippen molar-refractivity contribution in [3.8, 4) is 0 Å². The van der Waals surface area contributed by atoms with Crippen LogP contribution in [0.2, 0.25) is 0 Å². The van der Waals surface area contributed by atoms with Gasteiger partial charge in [-0.25, -0.2) is 9.97 Å². The van der Waals surface area contributed by atoms with E-state index >= 15 is 0 Å². The van der Waals surface area contributed by atoms with E-state index in [9.17, 15) is 0 Å². The molecule has 90 valence electrons. The average molecular weight is 257 g/mol. The van der Waals surface area contributed by atoms with Crippen LogP contribution in [0.4, 0.5) is 11.5 Å². The molecule has 0 radical (unpaired) electrons. The Morgan fingerprint density at radius 1 is 1.33 bits per heavy atom. The fourth-order valence-corrected chi connectivity index (χ4v) is 2.69. The van der Waals surface area contributed by atoms with Crippen molar-refractivity contribution >= 4 is 29.1 Å². The molecule has 0 saturated carbocycles. The second-order valence-corrected chi connectivity index (χ2v) is 5.00. The van der Waals surface area contributed by atoms with Crippen molar-refractivity contribution in [2.75, 3.05) is 5.32 Å². The lowest BCUT2D eigenvalue weighted by atomic mass is 10.1. The van der Waals surface area contributed by atoms with Crippen LogP contribution < -0.4 is 11.1 Å². The van der Waals surface area contributed by atoms with Gasteiger partial charge in [0.25, 0.3) is 0 Å². The molecule has 1 aliphatic rings. The average Bonchev–Trinajstić information content (AvgIpc) is 2.35. The molecule has 3 rings (SSSR count). The van der Waals surface area contributed by atoms with Crippen molar-refractivity contribution in [2.45, 2.75) is 16.3 Å². The van der Waals surface area contributed by atoms with Crippen LogP contribution in [0.3, 0.4) is 0 Å². The molecule has 18 heavy (non-hydrogen) atoms. The lowest BCUT2D eigenvalue weighted by Crippen LogP contribution is -2.13. The van der Waals surface area contributed by atoms with Crippen molar-refractivity contribution in [1.82, 2.24) is 9.97 Å². The van der Waals surface area contributed by atoms with Crippen LogP contribution in [-0.4, -0.2) is 15.8 Å². The summed E-state index contributed by atoms with van der Waals surface area (Å²) < 4.78 is 0. The molecule has 0 atom stereocenters. The summed E-state index contributed by atoms with van der Waals surface area (Å²) in [7, 11) is 0. The van der Waals surface area contributed by atoms with Gasteiger partial charge in [-0.1, -0.05) is 17.8 Å². The number of amidine groups is 1. The molecule has 0 amide bonds. The van der Waals surface area contributed by atoms with Crippen molar-refractivity contribution in [3.05, 3.63) is 36.2 Å². The first-order valence-corrected chi connectivity index (χ1v) is 6.26. The first kappa shape index (κ1) is 11.0. The number of nitrogens with one attached hydrogen (secondary N) is 2. The second kappa shape index (κ2) is 4.30. The molecule has 2 heterocycles. The van der Waals surface area contributed by atoms with Crippen molar-refractivity contribution in [3.63, 3.8) is 0 Å². The highest BCUT2D eigenvalue weighted by Crippen LogP contribution is 2.41. The zero-order valence-corrected chi connectivity index (χ0v) is 10.3. The summed E-state index contributed by atoms with van der Waals surface area (Å²) in [5, 5.41) is 11.4. The minimum atomic E-state index is 0.165. The van der Waals surface area contributed by atoms with Crippen molar-refractivity contribution in [1.29, 1.82) is 5.41 Å². The maximum atomic E-state index is 7.32. The van der Waals surface area contributed by atoms with Crippen LogP contribution in [0.5, 0.6) is 0 Å². The monoisotopic (exact) mass is 257 g/mol. The lowest BCUT2D eigenvalue weighted by Gasteiger charge is -2.19. The van der Waals surface area contributed by atoms with Gasteiger partial charge in [0, 0.05) is 23.7 Å². The Hall–Kier alpha value is -2.08. The number of hydrogen-bond donors (Lipinski definition) is 3. The van der Waals surface area contributed by atoms with Gasteiger partial charge in [-0.05, 0) is 17.7 Å². The van der Waals surface area contributed by atoms with Gasteiger partial charge in [0.1, 0.15) is 5.03 Å². The standard InChI is InChI=1S/C12H11N5S/c13-10(14)6-7-1-2-9-8(5-7)17-11-12(18-9)16-4-3-15-11/h1-5H,6H2,(H3,13,14)(H,15,17). The number of hydrogen-bond acceptors (Lipinski definition) is 5. The Balaban J connectivity index is 1.96. The maximum Gasteiger partial charge on any atom is 0.163 e. The fourth-order valence-electron chi connectivity index (χ4n) is 1.81. The van der Waals surface area contributed by atoms with Gasteiger partial charge in [0.05, 0.1) is 11.5 Å². The molecular weight excluding hydrogens is 246 g/mol. The van der Waals surface area contributed by atoms with Gasteiger partial charge < -0.3 is 11.1 Å². The first-order chi connectivity index (χ1) is 8.72. The van der Waals surface area contributed by atoms with E-state index in [2.05, 4.69) is 15.3 Å². The van der Waals surface area contributed by atoms with Gasteiger partial charge in [-0.15, -0.1) is 0 Å². The molecule has 4 N–H and O–H groups in total. The molecule has 0 bridgehead atoms. The molecule has 0 spiro atoms. The summed E-state index contributed by atoms with van der Waals surface area (Å²) in [5.41, 5.74) is 7.42. The fraction of sp³-hybridized carbons (Fsp3) is 0.0833. The minimum absolute atomic E-state index is 0.165. The number of benzene rings is 1. The van der Waals surface area contributed by atoms with E-state index in [1.165, 1.54) is 0 Å². The van der Waals surface area contributed by atoms with Gasteiger partial charge in [-0.3, -0.25) is 5.41 Å². The summed E-state index contributed by atoms with van der Waals surface area (Å²) in [4.78, 5) is 9.63. The van der Waals surface area contributed by atoms with Crippen molar-refractivity contribution in [2.24, 2.45) is 5.73 Å². The topological polar surface area (TPSA) is 87.7 Å². The van der Waals surface area contributed by atoms with E-state index in [-0.39, 0.29) is 5.84 Å². The Morgan fingerprint density at radius 3 is 3.00 bits per heavy atom. The molecule has 6 heteroatoms. The van der Waals surface area contributed by atoms with Crippen LogP contribution in [0.15, 0.2) is 40.5 Å². The number of nitrogens with two attached hydrogens (primary N) is 1. The van der Waals surface area contributed by atoms with E-state index in [0.717, 1.165) is 27.0 Å². The van der Waals surface area contributed by atoms with Crippen LogP contribution in [0.25, 0.3) is 0 Å². The highest BCUT2D eigenvalue weighted by molar-refractivity contribution is 7.99. The van der Waals surface area contributed by atoms with Crippen LogP contribution in [-0.2, 0) is 6.42 Å². The summed E-state index contributed by atoms with van der Waals surface area (Å²) in [6.45, 7) is 0. The predicted octanol–water partition coefficient (Wildman–Crippen LogP) is 2.16. The molecule has 5 nitrogen and oxygen atoms in total. The highest BCUT2D eigenvalue weighted by atomic mass is 32.2. The maximum absolute atomic E-state index is 7.32. The van der Waals surface area contributed by atoms with Crippen LogP contribution >= 0.6 is 11.8 Å². The molecule has 0 fully saturated rings. The Labute approximate surface area is 108 Å². The van der Waals surface area contributed by atoms with E-state index in [4.69, 9.17) is 11.1 Å². The number of nitrogens with zero attached hydrogens (tertiary/aromatic N) is 2. The molecule has 1 aromatic carbocycles. The molecule has 1 aliphatic heterocycles. The Bertz CT molecular complexity index is 626. The molecule has 0 saturated heterocycles. The zero-order valence-electron chi connectivity index (χ0n) is 9.47. The summed E-state index contributed by atoms with van der Waals surface area (Å²) in [6.07, 6.45) is 3.81. The summed E-state index contributed by atoms with van der Waals surface area (Å²) >= 11 is 1.59. The van der Waals surface area contributed by atoms with Crippen molar-refractivity contribution < 1.29 is 0 Å². The number of anilines is 2. The third-order valence-electron chi connectivity index (χ3n) is 2.56. The largest absolute Gasteiger partial charge is 0.387 e. The third kappa shape index (κ3) is 2.02.